The largest absolute Gasteiger partial charge is 0.349 e. The summed E-state index contributed by atoms with van der Waals surface area (Å²) in [6.07, 6.45) is -0.0320. The van der Waals surface area contributed by atoms with Crippen LogP contribution in [0, 0.1) is 11.6 Å². The van der Waals surface area contributed by atoms with Gasteiger partial charge in [-0.2, -0.15) is 0 Å². The van der Waals surface area contributed by atoms with Crippen LogP contribution in [-0.2, 0) is 4.79 Å². The fourth-order valence-corrected chi connectivity index (χ4v) is 3.18. The van der Waals surface area contributed by atoms with Crippen LogP contribution in [0.25, 0.3) is 0 Å². The quantitative estimate of drug-likeness (QED) is 0.595. The SMILES string of the molecule is CC(NC(=O)CC(NC(=O)c1ccccc1)c1ccccc1)c1ccc(F)cc1F. The van der Waals surface area contributed by atoms with E-state index in [1.54, 1.807) is 31.2 Å². The van der Waals surface area contributed by atoms with Gasteiger partial charge in [0.1, 0.15) is 11.6 Å². The van der Waals surface area contributed by atoms with Crippen molar-refractivity contribution in [3.8, 4) is 0 Å². The normalized spacial score (nSPS) is 12.6. The number of nitrogens with one attached hydrogen (secondary N) is 2. The van der Waals surface area contributed by atoms with Crippen LogP contribution in [-0.4, -0.2) is 11.8 Å². The predicted molar refractivity (Wildman–Crippen MR) is 111 cm³/mol. The maximum atomic E-state index is 14.0. The lowest BCUT2D eigenvalue weighted by atomic mass is 10.0. The molecular weight excluding hydrogens is 386 g/mol. The lowest BCUT2D eigenvalue weighted by Crippen LogP contribution is -2.34. The Morgan fingerprint density at radius 1 is 0.867 bits per heavy atom. The van der Waals surface area contributed by atoms with Gasteiger partial charge in [0.15, 0.2) is 0 Å². The molecule has 2 amide bonds. The van der Waals surface area contributed by atoms with Crippen LogP contribution in [0.2, 0.25) is 0 Å². The molecule has 3 aromatic rings. The Morgan fingerprint density at radius 3 is 2.13 bits per heavy atom. The maximum absolute atomic E-state index is 14.0. The highest BCUT2D eigenvalue weighted by molar-refractivity contribution is 5.94. The minimum Gasteiger partial charge on any atom is -0.349 e. The zero-order valence-corrected chi connectivity index (χ0v) is 16.4. The first-order valence-electron chi connectivity index (χ1n) is 9.59. The molecule has 154 valence electrons. The van der Waals surface area contributed by atoms with Gasteiger partial charge in [-0.1, -0.05) is 54.6 Å². The number of halogens is 2. The van der Waals surface area contributed by atoms with E-state index in [0.717, 1.165) is 17.7 Å². The minimum atomic E-state index is -0.722. The molecule has 0 aromatic heterocycles. The van der Waals surface area contributed by atoms with E-state index in [0.29, 0.717) is 5.56 Å². The Kier molecular flexibility index (Phi) is 6.91. The molecule has 0 radical (unpaired) electrons. The third kappa shape index (κ3) is 5.50. The average molecular weight is 408 g/mol. The molecule has 3 aromatic carbocycles. The topological polar surface area (TPSA) is 58.2 Å². The molecule has 0 aliphatic carbocycles. The summed E-state index contributed by atoms with van der Waals surface area (Å²) >= 11 is 0. The molecule has 4 nitrogen and oxygen atoms in total. The van der Waals surface area contributed by atoms with Gasteiger partial charge in [0, 0.05) is 17.2 Å². The van der Waals surface area contributed by atoms with Gasteiger partial charge in [-0.25, -0.2) is 8.78 Å². The third-order valence-corrected chi connectivity index (χ3v) is 4.74. The van der Waals surface area contributed by atoms with Crippen LogP contribution in [0.3, 0.4) is 0 Å². The minimum absolute atomic E-state index is 0.0320. The second-order valence-corrected chi connectivity index (χ2v) is 6.96. The van der Waals surface area contributed by atoms with Gasteiger partial charge in [0.25, 0.3) is 5.91 Å². The molecule has 0 saturated heterocycles. The van der Waals surface area contributed by atoms with Crippen molar-refractivity contribution >= 4 is 11.8 Å². The second-order valence-electron chi connectivity index (χ2n) is 6.96. The fraction of sp³-hybridized carbons (Fsp3) is 0.167. The molecule has 30 heavy (non-hydrogen) atoms. The lowest BCUT2D eigenvalue weighted by molar-refractivity contribution is -0.122. The van der Waals surface area contributed by atoms with Crippen molar-refractivity contribution < 1.29 is 18.4 Å². The number of carbonyl (C=O) groups is 2. The fourth-order valence-electron chi connectivity index (χ4n) is 3.18. The first-order valence-corrected chi connectivity index (χ1v) is 9.59. The van der Waals surface area contributed by atoms with Crippen molar-refractivity contribution in [3.63, 3.8) is 0 Å². The van der Waals surface area contributed by atoms with Crippen LogP contribution in [0.1, 0.15) is 46.9 Å². The molecule has 6 heteroatoms. The van der Waals surface area contributed by atoms with E-state index < -0.39 is 23.7 Å². The van der Waals surface area contributed by atoms with E-state index in [4.69, 9.17) is 0 Å². The molecule has 2 N–H and O–H groups in total. The summed E-state index contributed by atoms with van der Waals surface area (Å²) in [6, 6.07) is 19.9. The summed E-state index contributed by atoms with van der Waals surface area (Å²) < 4.78 is 27.1. The average Bonchev–Trinajstić information content (AvgIpc) is 2.74. The zero-order chi connectivity index (χ0) is 21.5. The monoisotopic (exact) mass is 408 g/mol. The molecule has 0 aliphatic heterocycles. The van der Waals surface area contributed by atoms with Gasteiger partial charge in [-0.05, 0) is 30.7 Å². The summed E-state index contributed by atoms with van der Waals surface area (Å²) in [4.78, 5) is 25.3. The highest BCUT2D eigenvalue weighted by Crippen LogP contribution is 2.21. The van der Waals surface area contributed by atoms with Crippen LogP contribution in [0.4, 0.5) is 8.78 Å². The van der Waals surface area contributed by atoms with Gasteiger partial charge in [0.2, 0.25) is 5.91 Å². The van der Waals surface area contributed by atoms with Gasteiger partial charge in [-0.15, -0.1) is 0 Å². The van der Waals surface area contributed by atoms with Crippen molar-refractivity contribution in [3.05, 3.63) is 107 Å². The van der Waals surface area contributed by atoms with Crippen LogP contribution in [0.5, 0.6) is 0 Å². The molecule has 2 atom stereocenters. The highest BCUT2D eigenvalue weighted by Gasteiger charge is 2.21. The van der Waals surface area contributed by atoms with E-state index >= 15 is 0 Å². The van der Waals surface area contributed by atoms with Crippen LogP contribution < -0.4 is 10.6 Å². The van der Waals surface area contributed by atoms with Crippen molar-refractivity contribution in [2.75, 3.05) is 0 Å². The Hall–Kier alpha value is -3.54. The zero-order valence-electron chi connectivity index (χ0n) is 16.4. The molecule has 0 spiro atoms. The summed E-state index contributed by atoms with van der Waals surface area (Å²) in [5.74, 6) is -2.06. The molecule has 3 rings (SSSR count). The van der Waals surface area contributed by atoms with Gasteiger partial charge in [-0.3, -0.25) is 9.59 Å². The van der Waals surface area contributed by atoms with Crippen molar-refractivity contribution in [2.45, 2.75) is 25.4 Å². The number of hydrogen-bond donors (Lipinski definition) is 2. The molecule has 0 heterocycles. The predicted octanol–water partition coefficient (Wildman–Crippen LogP) is 4.70. The number of hydrogen-bond acceptors (Lipinski definition) is 2. The molecule has 2 unspecified atom stereocenters. The van der Waals surface area contributed by atoms with Gasteiger partial charge < -0.3 is 10.6 Å². The third-order valence-electron chi connectivity index (χ3n) is 4.74. The van der Waals surface area contributed by atoms with Crippen LogP contribution >= 0.6 is 0 Å². The van der Waals surface area contributed by atoms with E-state index in [1.807, 2.05) is 36.4 Å². The molecule has 0 bridgehead atoms. The second kappa shape index (κ2) is 9.78. The number of carbonyl (C=O) groups excluding carboxylic acids is 2. The maximum Gasteiger partial charge on any atom is 0.251 e. The Bertz CT molecular complexity index is 1010. The molecule has 0 fully saturated rings. The highest BCUT2D eigenvalue weighted by atomic mass is 19.1. The summed E-state index contributed by atoms with van der Waals surface area (Å²) in [7, 11) is 0. The first kappa shape index (κ1) is 21.2. The number of amides is 2. The smallest absolute Gasteiger partial charge is 0.251 e. The Morgan fingerprint density at radius 2 is 1.50 bits per heavy atom. The Balaban J connectivity index is 1.72. The number of rotatable bonds is 7. The summed E-state index contributed by atoms with van der Waals surface area (Å²) in [6.45, 7) is 1.62. The summed E-state index contributed by atoms with van der Waals surface area (Å²) in [5, 5.41) is 5.61. The molecule has 0 saturated carbocycles. The summed E-state index contributed by atoms with van der Waals surface area (Å²) in [5.41, 5.74) is 1.45. The molecule has 0 aliphatic rings. The van der Waals surface area contributed by atoms with Gasteiger partial charge >= 0.3 is 0 Å². The number of benzene rings is 3. The van der Waals surface area contributed by atoms with E-state index in [-0.39, 0.29) is 23.8 Å². The van der Waals surface area contributed by atoms with E-state index in [1.165, 1.54) is 6.07 Å². The first-order chi connectivity index (χ1) is 14.4. The van der Waals surface area contributed by atoms with Crippen LogP contribution in [0.15, 0.2) is 78.9 Å². The lowest BCUT2D eigenvalue weighted by Gasteiger charge is -2.21. The molecular formula is C24H22F2N2O2. The van der Waals surface area contributed by atoms with Gasteiger partial charge in [0.05, 0.1) is 18.5 Å². The van der Waals surface area contributed by atoms with Crippen molar-refractivity contribution in [2.24, 2.45) is 0 Å². The van der Waals surface area contributed by atoms with Crippen molar-refractivity contribution in [1.29, 1.82) is 0 Å². The standard InChI is InChI=1S/C24H22F2N2O2/c1-16(20-13-12-19(25)14-21(20)26)27-23(29)15-22(17-8-4-2-5-9-17)28-24(30)18-10-6-3-7-11-18/h2-14,16,22H,15H2,1H3,(H,27,29)(H,28,30). The van der Waals surface area contributed by atoms with Crippen molar-refractivity contribution in [1.82, 2.24) is 10.6 Å². The Labute approximate surface area is 173 Å². The van der Waals surface area contributed by atoms with E-state index in [9.17, 15) is 18.4 Å². The van der Waals surface area contributed by atoms with E-state index in [2.05, 4.69) is 10.6 Å².